The first kappa shape index (κ1) is 15.8. The van der Waals surface area contributed by atoms with E-state index in [4.69, 9.17) is 12.3 Å². The smallest absolute Gasteiger partial charge is 0.295 e. The Bertz CT molecular complexity index is 1000. The number of halogens is 1. The van der Waals surface area contributed by atoms with E-state index in [0.29, 0.717) is 23.7 Å². The van der Waals surface area contributed by atoms with E-state index in [0.717, 1.165) is 6.07 Å². The lowest BCUT2D eigenvalue weighted by atomic mass is 10.2. The van der Waals surface area contributed by atoms with Crippen LogP contribution in [0.4, 0.5) is 4.39 Å². The number of ether oxygens (including phenoxy) is 1. The first-order chi connectivity index (χ1) is 13.9. The van der Waals surface area contributed by atoms with Crippen molar-refractivity contribution in [2.45, 2.75) is 13.5 Å². The summed E-state index contributed by atoms with van der Waals surface area (Å²) in [5.41, 5.74) is 2.48. The molecule has 0 aliphatic rings. The summed E-state index contributed by atoms with van der Waals surface area (Å²) in [5, 5.41) is 0. The van der Waals surface area contributed by atoms with Gasteiger partial charge >= 0.3 is 0 Å². The summed E-state index contributed by atoms with van der Waals surface area (Å²) in [5.74, 6) is -1.17. The van der Waals surface area contributed by atoms with Gasteiger partial charge in [0.2, 0.25) is 5.88 Å². The van der Waals surface area contributed by atoms with Crippen molar-refractivity contribution in [3.63, 3.8) is 0 Å². The Labute approximate surface area is 158 Å². The molecule has 0 unspecified atom stereocenters. The van der Waals surface area contributed by atoms with Gasteiger partial charge in [-0.1, -0.05) is 18.2 Å². The third-order valence-corrected chi connectivity index (χ3v) is 3.37. The van der Waals surface area contributed by atoms with Crippen LogP contribution in [0, 0.1) is 5.82 Å². The molecule has 0 aliphatic heterocycles. The molecule has 3 rings (SSSR count). The summed E-state index contributed by atoms with van der Waals surface area (Å²) < 4.78 is 34.7. The predicted molar refractivity (Wildman–Crippen MR) is 95.1 cm³/mol. The summed E-state index contributed by atoms with van der Waals surface area (Å²) in [4.78, 5) is 29.4. The Balaban J connectivity index is 1.72. The second-order valence-corrected chi connectivity index (χ2v) is 5.22. The second kappa shape index (κ2) is 8.81. The van der Waals surface area contributed by atoms with Gasteiger partial charge in [0, 0.05) is 23.4 Å². The summed E-state index contributed by atoms with van der Waals surface area (Å²) in [7, 11) is 0. The fourth-order valence-corrected chi connectivity index (χ4v) is 2.10. The van der Waals surface area contributed by atoms with Crippen LogP contribution in [-0.4, -0.2) is 27.5 Å². The van der Waals surface area contributed by atoms with Crippen LogP contribution in [-0.2, 0) is 11.4 Å². The van der Waals surface area contributed by atoms with Gasteiger partial charge in [-0.15, -0.1) is 0 Å². The highest BCUT2D eigenvalue weighted by atomic mass is 19.1. The minimum Gasteiger partial charge on any atom is -0.478 e. The van der Waals surface area contributed by atoms with Gasteiger partial charge in [-0.05, 0) is 19.1 Å². The maximum absolute atomic E-state index is 13.8. The Morgan fingerprint density at radius 3 is 2.81 bits per heavy atom. The first-order valence-electron chi connectivity index (χ1n) is 9.05. The average Bonchev–Trinajstić information content (AvgIpc) is 2.73. The van der Waals surface area contributed by atoms with Crippen molar-refractivity contribution in [1.29, 1.82) is 0 Å². The number of pyridine rings is 1. The molecular formula is C19H17FN4O3. The van der Waals surface area contributed by atoms with Crippen LogP contribution in [0.1, 0.15) is 25.7 Å². The molecule has 1 aromatic carbocycles. The Kier molecular flexibility index (Phi) is 5.17. The highest BCUT2D eigenvalue weighted by Gasteiger charge is 2.11. The number of hydrogen-bond acceptors (Lipinski definition) is 6. The fraction of sp³-hybridized carbons (Fsp3) is 0.158. The average molecular weight is 370 g/mol. The molecule has 3 aromatic rings. The van der Waals surface area contributed by atoms with E-state index in [1.54, 1.807) is 12.1 Å². The van der Waals surface area contributed by atoms with Crippen molar-refractivity contribution in [2.24, 2.45) is 0 Å². The van der Waals surface area contributed by atoms with Gasteiger partial charge < -0.3 is 4.74 Å². The lowest BCUT2D eigenvalue weighted by Gasteiger charge is -2.07. The molecule has 8 heteroatoms. The number of amides is 1. The Hall–Kier alpha value is -3.39. The molecule has 2 aromatic heterocycles. The Morgan fingerprint density at radius 1 is 1.22 bits per heavy atom. The van der Waals surface area contributed by atoms with Crippen molar-refractivity contribution >= 4 is 5.91 Å². The van der Waals surface area contributed by atoms with Gasteiger partial charge in [-0.3, -0.25) is 14.6 Å². The zero-order chi connectivity index (χ0) is 20.9. The number of nitrogens with one attached hydrogen (secondary N) is 1. The van der Waals surface area contributed by atoms with Crippen LogP contribution in [0.15, 0.2) is 55.0 Å². The lowest BCUT2D eigenvalue weighted by molar-refractivity contribution is 0.0219. The molecule has 27 heavy (non-hydrogen) atoms. The minimum atomic E-state index is -2.58. The first-order valence-corrected chi connectivity index (χ1v) is 8.05. The number of hydrogen-bond donors (Lipinski definition) is 1. The van der Waals surface area contributed by atoms with Gasteiger partial charge in [-0.2, -0.15) is 0 Å². The van der Waals surface area contributed by atoms with Crippen molar-refractivity contribution in [2.75, 3.05) is 6.61 Å². The van der Waals surface area contributed by atoms with E-state index in [2.05, 4.69) is 15.0 Å². The van der Waals surface area contributed by atoms with Crippen LogP contribution in [0.2, 0.25) is 0 Å². The third kappa shape index (κ3) is 4.83. The third-order valence-electron chi connectivity index (χ3n) is 3.37. The van der Waals surface area contributed by atoms with Crippen molar-refractivity contribution in [3.8, 4) is 17.1 Å². The van der Waals surface area contributed by atoms with E-state index in [-0.39, 0.29) is 11.3 Å². The van der Waals surface area contributed by atoms with E-state index in [1.165, 1.54) is 36.8 Å². The molecule has 0 bridgehead atoms. The van der Waals surface area contributed by atoms with Crippen molar-refractivity contribution in [1.82, 2.24) is 20.4 Å². The van der Waals surface area contributed by atoms with Gasteiger partial charge in [0.15, 0.2) is 0 Å². The van der Waals surface area contributed by atoms with Gasteiger partial charge in [-0.25, -0.2) is 19.8 Å². The van der Waals surface area contributed by atoms with Crippen LogP contribution >= 0.6 is 0 Å². The molecule has 1 N–H and O–H groups in total. The number of rotatable bonds is 7. The molecule has 2 heterocycles. The fourth-order valence-electron chi connectivity index (χ4n) is 2.10. The van der Waals surface area contributed by atoms with Gasteiger partial charge in [0.1, 0.15) is 18.1 Å². The van der Waals surface area contributed by atoms with Crippen LogP contribution < -0.4 is 10.2 Å². The molecule has 0 atom stereocenters. The normalized spacial score (nSPS) is 12.1. The monoisotopic (exact) mass is 370 g/mol. The zero-order valence-electron chi connectivity index (χ0n) is 16.3. The zero-order valence-corrected chi connectivity index (χ0v) is 14.3. The lowest BCUT2D eigenvalue weighted by Crippen LogP contribution is -2.25. The number of aromatic nitrogens is 3. The number of benzene rings is 1. The van der Waals surface area contributed by atoms with E-state index < -0.39 is 18.3 Å². The largest absolute Gasteiger partial charge is 0.478 e. The predicted octanol–water partition coefficient (Wildman–Crippen LogP) is 2.94. The molecule has 0 radical (unpaired) electrons. The summed E-state index contributed by atoms with van der Waals surface area (Å²) >= 11 is 0. The summed E-state index contributed by atoms with van der Waals surface area (Å²) in [6.45, 7) is -0.243. The number of carbonyl (C=O) groups excluding carboxylic acids is 1. The molecule has 1 amide bonds. The maximum Gasteiger partial charge on any atom is 0.295 e. The topological polar surface area (TPSA) is 86.2 Å². The molecule has 7 nitrogen and oxygen atoms in total. The minimum absolute atomic E-state index is 0.110. The Morgan fingerprint density at radius 2 is 2.07 bits per heavy atom. The number of nitrogens with zero attached hydrogens (tertiary/aromatic N) is 3. The van der Waals surface area contributed by atoms with Gasteiger partial charge in [0.25, 0.3) is 5.91 Å². The standard InChI is InChI=1S/C19H17FN4O3/c1-2-26-18-8-7-13(9-22-18)16-10-21-11-17(23-16)19(25)24-27-12-14-5-3-4-6-15(14)20/h3-11H,2,12H2,1H3,(H,24,25)/i12D2. The maximum atomic E-state index is 13.8. The van der Waals surface area contributed by atoms with Crippen molar-refractivity contribution in [3.05, 3.63) is 72.1 Å². The van der Waals surface area contributed by atoms with E-state index in [9.17, 15) is 9.18 Å². The molecule has 138 valence electrons. The molecular weight excluding hydrogens is 351 g/mol. The SMILES string of the molecule is [2H]C([2H])(ONC(=O)c1cncc(-c2ccc(OCC)nc2)n1)c1ccccc1F. The molecule has 0 fully saturated rings. The molecule has 0 saturated heterocycles. The quantitative estimate of drug-likeness (QED) is 0.644. The highest BCUT2D eigenvalue weighted by molar-refractivity contribution is 5.91. The van der Waals surface area contributed by atoms with Crippen molar-refractivity contribution < 1.29 is 21.5 Å². The highest BCUT2D eigenvalue weighted by Crippen LogP contribution is 2.18. The van der Waals surface area contributed by atoms with Crippen LogP contribution in [0.25, 0.3) is 11.3 Å². The molecule has 0 aliphatic carbocycles. The molecule has 0 spiro atoms. The van der Waals surface area contributed by atoms with Gasteiger partial charge in [0.05, 0.1) is 27.4 Å². The summed E-state index contributed by atoms with van der Waals surface area (Å²) in [6, 6.07) is 8.58. The molecule has 0 saturated carbocycles. The van der Waals surface area contributed by atoms with Crippen LogP contribution in [0.3, 0.4) is 0 Å². The summed E-state index contributed by atoms with van der Waals surface area (Å²) in [6.07, 6.45) is 4.18. The number of hydroxylamine groups is 1. The second-order valence-electron chi connectivity index (χ2n) is 5.22. The van der Waals surface area contributed by atoms with E-state index >= 15 is 0 Å². The number of carbonyl (C=O) groups is 1. The van der Waals surface area contributed by atoms with Crippen LogP contribution in [0.5, 0.6) is 5.88 Å². The van der Waals surface area contributed by atoms with E-state index in [1.807, 2.05) is 12.4 Å².